The van der Waals surface area contributed by atoms with E-state index in [-0.39, 0.29) is 19.2 Å². The summed E-state index contributed by atoms with van der Waals surface area (Å²) in [4.78, 5) is 13.9. The summed E-state index contributed by atoms with van der Waals surface area (Å²) in [5.41, 5.74) is 0.620. The van der Waals surface area contributed by atoms with Crippen molar-refractivity contribution in [1.82, 2.24) is 9.21 Å². The number of rotatable bonds is 6. The van der Waals surface area contributed by atoms with Crippen LogP contribution in [0.1, 0.15) is 38.7 Å². The number of ether oxygens (including phenoxy) is 1. The predicted octanol–water partition coefficient (Wildman–Crippen LogP) is 2.63. The van der Waals surface area contributed by atoms with Gasteiger partial charge in [-0.2, -0.15) is 4.31 Å². The first-order chi connectivity index (χ1) is 11.9. The Hall–Kier alpha value is -1.60. The molecule has 1 atom stereocenters. The van der Waals surface area contributed by atoms with E-state index in [1.54, 1.807) is 17.0 Å². The van der Waals surface area contributed by atoms with E-state index in [1.807, 2.05) is 19.1 Å². The molecule has 0 bridgehead atoms. The molecule has 1 aromatic carbocycles. The maximum absolute atomic E-state index is 13.0. The van der Waals surface area contributed by atoms with E-state index in [0.29, 0.717) is 24.4 Å². The molecule has 25 heavy (non-hydrogen) atoms. The van der Waals surface area contributed by atoms with Crippen LogP contribution in [0.2, 0.25) is 0 Å². The molecule has 7 heteroatoms. The Morgan fingerprint density at radius 3 is 2.52 bits per heavy atom. The molecule has 0 aromatic heterocycles. The smallest absolute Gasteiger partial charge is 0.410 e. The lowest BCUT2D eigenvalue weighted by atomic mass is 9.94. The van der Waals surface area contributed by atoms with E-state index in [0.717, 1.165) is 24.8 Å². The number of unbranched alkanes of at least 4 members (excludes halogenated alkanes) is 1. The van der Waals surface area contributed by atoms with Crippen molar-refractivity contribution in [3.8, 4) is 0 Å². The summed E-state index contributed by atoms with van der Waals surface area (Å²) in [5.74, 6) is 0. The molecular weight excluding hydrogens is 340 g/mol. The average molecular weight is 366 g/mol. The first kappa shape index (κ1) is 18.2. The van der Waals surface area contributed by atoms with Gasteiger partial charge >= 0.3 is 6.09 Å². The number of amides is 1. The van der Waals surface area contributed by atoms with Crippen LogP contribution >= 0.6 is 0 Å². The minimum atomic E-state index is -3.56. The molecule has 0 N–H and O–H groups in total. The molecule has 2 heterocycles. The van der Waals surface area contributed by atoms with Crippen molar-refractivity contribution < 1.29 is 17.9 Å². The maximum atomic E-state index is 13.0. The number of carbonyl (C=O) groups excluding carboxylic acids is 1. The van der Waals surface area contributed by atoms with E-state index >= 15 is 0 Å². The summed E-state index contributed by atoms with van der Waals surface area (Å²) in [6, 6.07) is 7.19. The normalized spacial score (nSPS) is 24.2. The van der Waals surface area contributed by atoms with Crippen LogP contribution in [0.5, 0.6) is 0 Å². The van der Waals surface area contributed by atoms with Crippen LogP contribution in [0.3, 0.4) is 0 Å². The van der Waals surface area contributed by atoms with Crippen LogP contribution in [0.4, 0.5) is 4.79 Å². The third kappa shape index (κ3) is 3.27. The lowest BCUT2D eigenvalue weighted by molar-refractivity contribution is 0.0885. The maximum Gasteiger partial charge on any atom is 0.410 e. The number of sulfonamides is 1. The quantitative estimate of drug-likeness (QED) is 0.776. The second-order valence-corrected chi connectivity index (χ2v) is 8.81. The number of piperazine rings is 1. The molecule has 1 unspecified atom stereocenters. The Bertz CT molecular complexity index is 732. The molecule has 2 fully saturated rings. The number of hydrogen-bond donors (Lipinski definition) is 0. The topological polar surface area (TPSA) is 66.9 Å². The second kappa shape index (κ2) is 6.96. The highest BCUT2D eigenvalue weighted by molar-refractivity contribution is 7.89. The summed E-state index contributed by atoms with van der Waals surface area (Å²) in [6.45, 7) is 5.32. The SMILES string of the molecule is CCCCc1ccc(S(=O)(=O)N2CCN3C(=O)OCC3(CC)C2)cc1. The van der Waals surface area contributed by atoms with Crippen molar-refractivity contribution in [3.05, 3.63) is 29.8 Å². The lowest BCUT2D eigenvalue weighted by Crippen LogP contribution is -2.62. The van der Waals surface area contributed by atoms with Gasteiger partial charge in [-0.05, 0) is 37.0 Å². The molecule has 0 spiro atoms. The summed E-state index contributed by atoms with van der Waals surface area (Å²) in [6.07, 6.45) is 3.51. The van der Waals surface area contributed by atoms with Crippen LogP contribution < -0.4 is 0 Å². The molecule has 2 aliphatic rings. The molecule has 0 saturated carbocycles. The van der Waals surface area contributed by atoms with Gasteiger partial charge in [0.1, 0.15) is 6.61 Å². The van der Waals surface area contributed by atoms with Crippen LogP contribution in [0.15, 0.2) is 29.2 Å². The largest absolute Gasteiger partial charge is 0.447 e. The third-order valence-corrected chi connectivity index (χ3v) is 7.20. The number of hydrogen-bond acceptors (Lipinski definition) is 4. The van der Waals surface area contributed by atoms with Crippen LogP contribution in [-0.4, -0.2) is 55.5 Å². The average Bonchev–Trinajstić information content (AvgIpc) is 2.97. The number of fused-ring (bicyclic) bond motifs is 1. The van der Waals surface area contributed by atoms with Crippen molar-refractivity contribution in [2.45, 2.75) is 50.0 Å². The van der Waals surface area contributed by atoms with Crippen LogP contribution in [0.25, 0.3) is 0 Å². The number of aryl methyl sites for hydroxylation is 1. The van der Waals surface area contributed by atoms with Gasteiger partial charge in [-0.25, -0.2) is 13.2 Å². The minimum absolute atomic E-state index is 0.254. The van der Waals surface area contributed by atoms with Crippen molar-refractivity contribution in [3.63, 3.8) is 0 Å². The van der Waals surface area contributed by atoms with Gasteiger partial charge in [0.2, 0.25) is 10.0 Å². The highest BCUT2D eigenvalue weighted by atomic mass is 32.2. The zero-order valence-electron chi connectivity index (χ0n) is 14.9. The summed E-state index contributed by atoms with van der Waals surface area (Å²) >= 11 is 0. The Balaban J connectivity index is 1.79. The molecule has 0 aliphatic carbocycles. The van der Waals surface area contributed by atoms with E-state index < -0.39 is 15.6 Å². The van der Waals surface area contributed by atoms with Crippen LogP contribution in [-0.2, 0) is 21.2 Å². The fourth-order valence-electron chi connectivity index (χ4n) is 3.59. The Morgan fingerprint density at radius 2 is 1.88 bits per heavy atom. The van der Waals surface area contributed by atoms with Crippen molar-refractivity contribution in [2.75, 3.05) is 26.2 Å². The van der Waals surface area contributed by atoms with Gasteiger partial charge < -0.3 is 4.74 Å². The van der Waals surface area contributed by atoms with Crippen LogP contribution in [0, 0.1) is 0 Å². The number of benzene rings is 1. The molecular formula is C18H26N2O4S. The molecule has 0 radical (unpaired) electrons. The Labute approximate surface area is 149 Å². The Kier molecular flexibility index (Phi) is 5.06. The monoisotopic (exact) mass is 366 g/mol. The fraction of sp³-hybridized carbons (Fsp3) is 0.611. The first-order valence-corrected chi connectivity index (χ1v) is 10.4. The van der Waals surface area contributed by atoms with E-state index in [1.165, 1.54) is 4.31 Å². The predicted molar refractivity (Wildman–Crippen MR) is 94.9 cm³/mol. The molecule has 3 rings (SSSR count). The zero-order chi connectivity index (χ0) is 18.1. The van der Waals surface area contributed by atoms with Gasteiger partial charge in [0, 0.05) is 19.6 Å². The standard InChI is InChI=1S/C18H26N2O4S/c1-3-5-6-15-7-9-16(10-8-15)25(22,23)19-11-12-20-17(21)24-14-18(20,4-2)13-19/h7-10H,3-6,11-14H2,1-2H3. The van der Waals surface area contributed by atoms with E-state index in [9.17, 15) is 13.2 Å². The van der Waals surface area contributed by atoms with E-state index in [2.05, 4.69) is 6.92 Å². The van der Waals surface area contributed by atoms with Crippen molar-refractivity contribution in [2.24, 2.45) is 0 Å². The fourth-order valence-corrected chi connectivity index (χ4v) is 5.10. The third-order valence-electron chi connectivity index (χ3n) is 5.34. The summed E-state index contributed by atoms with van der Waals surface area (Å²) in [7, 11) is -3.56. The van der Waals surface area contributed by atoms with E-state index in [4.69, 9.17) is 4.74 Å². The van der Waals surface area contributed by atoms with Gasteiger partial charge in [0.05, 0.1) is 10.4 Å². The van der Waals surface area contributed by atoms with Gasteiger partial charge in [0.15, 0.2) is 0 Å². The molecule has 2 aliphatic heterocycles. The summed E-state index contributed by atoms with van der Waals surface area (Å²) in [5, 5.41) is 0. The lowest BCUT2D eigenvalue weighted by Gasteiger charge is -2.43. The van der Waals surface area contributed by atoms with Gasteiger partial charge in [-0.1, -0.05) is 32.4 Å². The highest BCUT2D eigenvalue weighted by Gasteiger charge is 2.51. The molecule has 138 valence electrons. The zero-order valence-corrected chi connectivity index (χ0v) is 15.7. The van der Waals surface area contributed by atoms with Gasteiger partial charge in [-0.3, -0.25) is 4.90 Å². The van der Waals surface area contributed by atoms with Gasteiger partial charge in [0.25, 0.3) is 0 Å². The Morgan fingerprint density at radius 1 is 1.16 bits per heavy atom. The minimum Gasteiger partial charge on any atom is -0.447 e. The molecule has 1 aromatic rings. The number of cyclic esters (lactones) is 1. The molecule has 6 nitrogen and oxygen atoms in total. The van der Waals surface area contributed by atoms with Crippen molar-refractivity contribution in [1.29, 1.82) is 0 Å². The first-order valence-electron chi connectivity index (χ1n) is 8.96. The second-order valence-electron chi connectivity index (χ2n) is 6.87. The van der Waals surface area contributed by atoms with Crippen molar-refractivity contribution >= 4 is 16.1 Å². The highest BCUT2D eigenvalue weighted by Crippen LogP contribution is 2.33. The number of nitrogens with zero attached hydrogens (tertiary/aromatic N) is 2. The summed E-state index contributed by atoms with van der Waals surface area (Å²) < 4.78 is 32.7. The number of carbonyl (C=O) groups is 1. The molecule has 1 amide bonds. The molecule has 2 saturated heterocycles. The van der Waals surface area contributed by atoms with Gasteiger partial charge in [-0.15, -0.1) is 0 Å².